The molecule has 0 bridgehead atoms. The minimum Gasteiger partial charge on any atom is -0.492 e. The van der Waals surface area contributed by atoms with Crippen LogP contribution in [-0.2, 0) is 0 Å². The van der Waals surface area contributed by atoms with Crippen LogP contribution in [-0.4, -0.2) is 44.2 Å². The predicted molar refractivity (Wildman–Crippen MR) is 78.2 cm³/mol. The summed E-state index contributed by atoms with van der Waals surface area (Å²) in [7, 11) is 2.21. The molecule has 18 heavy (non-hydrogen) atoms. The maximum absolute atomic E-state index is 5.67. The van der Waals surface area contributed by atoms with Gasteiger partial charge in [-0.15, -0.1) is 0 Å². The van der Waals surface area contributed by atoms with Gasteiger partial charge in [0.05, 0.1) is 0 Å². The SMILES string of the molecule is CN1CCCC1CNCCOc1cccc(Br)c1. The van der Waals surface area contributed by atoms with Crippen LogP contribution in [0.25, 0.3) is 0 Å². The zero-order valence-electron chi connectivity index (χ0n) is 10.9. The molecule has 1 aliphatic heterocycles. The van der Waals surface area contributed by atoms with Crippen LogP contribution in [0.3, 0.4) is 0 Å². The van der Waals surface area contributed by atoms with E-state index in [4.69, 9.17) is 4.74 Å². The van der Waals surface area contributed by atoms with Crippen molar-refractivity contribution in [2.45, 2.75) is 18.9 Å². The van der Waals surface area contributed by atoms with Crippen LogP contribution in [0.1, 0.15) is 12.8 Å². The Kier molecular flexibility index (Phi) is 5.47. The van der Waals surface area contributed by atoms with Crippen LogP contribution >= 0.6 is 15.9 Å². The van der Waals surface area contributed by atoms with Crippen LogP contribution in [0, 0.1) is 0 Å². The van der Waals surface area contributed by atoms with E-state index >= 15 is 0 Å². The molecule has 1 unspecified atom stereocenters. The van der Waals surface area contributed by atoms with Crippen LogP contribution in [0.5, 0.6) is 5.75 Å². The van der Waals surface area contributed by atoms with Crippen LogP contribution in [0.4, 0.5) is 0 Å². The van der Waals surface area contributed by atoms with Gasteiger partial charge in [0.1, 0.15) is 12.4 Å². The first-order chi connectivity index (χ1) is 8.75. The molecule has 4 heteroatoms. The Morgan fingerprint density at radius 1 is 1.50 bits per heavy atom. The molecule has 1 N–H and O–H groups in total. The Morgan fingerprint density at radius 3 is 3.11 bits per heavy atom. The van der Waals surface area contributed by atoms with Gasteiger partial charge < -0.3 is 15.0 Å². The van der Waals surface area contributed by atoms with Gasteiger partial charge in [0, 0.05) is 23.6 Å². The van der Waals surface area contributed by atoms with E-state index in [1.165, 1.54) is 19.4 Å². The average molecular weight is 313 g/mol. The summed E-state index contributed by atoms with van der Waals surface area (Å²) < 4.78 is 6.73. The van der Waals surface area contributed by atoms with Crippen molar-refractivity contribution >= 4 is 15.9 Å². The van der Waals surface area contributed by atoms with Crippen molar-refractivity contribution in [3.8, 4) is 5.75 Å². The average Bonchev–Trinajstić information content (AvgIpc) is 2.75. The second-order valence-electron chi connectivity index (χ2n) is 4.79. The molecule has 3 nitrogen and oxygen atoms in total. The molecule has 0 spiro atoms. The van der Waals surface area contributed by atoms with E-state index in [0.717, 1.165) is 23.3 Å². The van der Waals surface area contributed by atoms with Crippen molar-refractivity contribution in [1.82, 2.24) is 10.2 Å². The molecule has 0 aliphatic carbocycles. The molecule has 0 radical (unpaired) electrons. The van der Waals surface area contributed by atoms with Gasteiger partial charge in [-0.2, -0.15) is 0 Å². The molecule has 0 aromatic heterocycles. The highest BCUT2D eigenvalue weighted by Gasteiger charge is 2.19. The molecule has 0 amide bonds. The largest absolute Gasteiger partial charge is 0.492 e. The minimum atomic E-state index is 0.705. The first-order valence-electron chi connectivity index (χ1n) is 6.55. The van der Waals surface area contributed by atoms with Crippen molar-refractivity contribution in [1.29, 1.82) is 0 Å². The molecular formula is C14H21BrN2O. The van der Waals surface area contributed by atoms with E-state index in [0.29, 0.717) is 12.6 Å². The first kappa shape index (κ1) is 13.8. The van der Waals surface area contributed by atoms with Gasteiger partial charge >= 0.3 is 0 Å². The number of nitrogens with zero attached hydrogens (tertiary/aromatic N) is 1. The van der Waals surface area contributed by atoms with E-state index in [1.807, 2.05) is 24.3 Å². The molecule has 1 aliphatic rings. The Balaban J connectivity index is 1.59. The molecule has 1 saturated heterocycles. The molecular weight excluding hydrogens is 292 g/mol. The lowest BCUT2D eigenvalue weighted by atomic mass is 10.2. The summed E-state index contributed by atoms with van der Waals surface area (Å²) >= 11 is 3.43. The fourth-order valence-electron chi connectivity index (χ4n) is 2.30. The van der Waals surface area contributed by atoms with Gasteiger partial charge in [-0.3, -0.25) is 0 Å². The molecule has 1 atom stereocenters. The van der Waals surface area contributed by atoms with Crippen LogP contribution in [0.15, 0.2) is 28.7 Å². The van der Waals surface area contributed by atoms with Crippen molar-refractivity contribution in [2.24, 2.45) is 0 Å². The molecule has 1 fully saturated rings. The molecule has 1 heterocycles. The molecule has 2 rings (SSSR count). The highest BCUT2D eigenvalue weighted by molar-refractivity contribution is 9.10. The van der Waals surface area contributed by atoms with Gasteiger partial charge in [-0.1, -0.05) is 22.0 Å². The lowest BCUT2D eigenvalue weighted by Crippen LogP contribution is -2.36. The Morgan fingerprint density at radius 2 is 2.39 bits per heavy atom. The topological polar surface area (TPSA) is 24.5 Å². The quantitative estimate of drug-likeness (QED) is 0.817. The number of nitrogens with one attached hydrogen (secondary N) is 1. The smallest absolute Gasteiger partial charge is 0.120 e. The lowest BCUT2D eigenvalue weighted by Gasteiger charge is -2.19. The number of benzene rings is 1. The summed E-state index contributed by atoms with van der Waals surface area (Å²) in [6, 6.07) is 8.66. The number of hydrogen-bond donors (Lipinski definition) is 1. The summed E-state index contributed by atoms with van der Waals surface area (Å²) in [5.74, 6) is 0.921. The normalized spacial score (nSPS) is 20.2. The van der Waals surface area contributed by atoms with Crippen molar-refractivity contribution in [3.05, 3.63) is 28.7 Å². The van der Waals surface area contributed by atoms with E-state index in [1.54, 1.807) is 0 Å². The summed E-state index contributed by atoms with van der Waals surface area (Å²) in [6.07, 6.45) is 2.65. The van der Waals surface area contributed by atoms with Gasteiger partial charge in [-0.05, 0) is 44.6 Å². The van der Waals surface area contributed by atoms with Crippen molar-refractivity contribution in [3.63, 3.8) is 0 Å². The van der Waals surface area contributed by atoms with Crippen LogP contribution < -0.4 is 10.1 Å². The number of halogens is 1. The lowest BCUT2D eigenvalue weighted by molar-refractivity contribution is 0.279. The maximum atomic E-state index is 5.67. The highest BCUT2D eigenvalue weighted by Crippen LogP contribution is 2.17. The molecule has 1 aromatic carbocycles. The standard InChI is InChI=1S/C14H21BrN2O/c1-17-8-3-5-13(17)11-16-7-9-18-14-6-2-4-12(15)10-14/h2,4,6,10,13,16H,3,5,7-9,11H2,1H3. The van der Waals surface area contributed by atoms with Crippen LogP contribution in [0.2, 0.25) is 0 Å². The first-order valence-corrected chi connectivity index (χ1v) is 7.34. The zero-order valence-corrected chi connectivity index (χ0v) is 12.4. The molecule has 0 saturated carbocycles. The fraction of sp³-hybridized carbons (Fsp3) is 0.571. The number of likely N-dealkylation sites (N-methyl/N-ethyl adjacent to an activating group) is 1. The minimum absolute atomic E-state index is 0.705. The highest BCUT2D eigenvalue weighted by atomic mass is 79.9. The summed E-state index contributed by atoms with van der Waals surface area (Å²) in [5.41, 5.74) is 0. The van der Waals surface area contributed by atoms with Gasteiger partial charge in [0.25, 0.3) is 0 Å². The molecule has 100 valence electrons. The Labute approximate surface area is 118 Å². The summed E-state index contributed by atoms with van der Waals surface area (Å²) in [4.78, 5) is 2.43. The summed E-state index contributed by atoms with van der Waals surface area (Å²) in [5, 5.41) is 3.46. The number of hydrogen-bond acceptors (Lipinski definition) is 3. The predicted octanol–water partition coefficient (Wildman–Crippen LogP) is 2.51. The maximum Gasteiger partial charge on any atom is 0.120 e. The summed E-state index contributed by atoms with van der Waals surface area (Å²) in [6.45, 7) is 3.92. The van der Waals surface area contributed by atoms with Gasteiger partial charge in [0.2, 0.25) is 0 Å². The Hall–Kier alpha value is -0.580. The zero-order chi connectivity index (χ0) is 12.8. The number of rotatable bonds is 6. The van der Waals surface area contributed by atoms with E-state index < -0.39 is 0 Å². The van der Waals surface area contributed by atoms with Gasteiger partial charge in [-0.25, -0.2) is 0 Å². The number of ether oxygens (including phenoxy) is 1. The molecule has 1 aromatic rings. The fourth-order valence-corrected chi connectivity index (χ4v) is 2.68. The number of likely N-dealkylation sites (tertiary alicyclic amines) is 1. The third-order valence-corrected chi connectivity index (χ3v) is 3.89. The third kappa shape index (κ3) is 4.26. The second kappa shape index (κ2) is 7.12. The van der Waals surface area contributed by atoms with Gasteiger partial charge in [0.15, 0.2) is 0 Å². The van der Waals surface area contributed by atoms with Crippen molar-refractivity contribution in [2.75, 3.05) is 33.3 Å². The van der Waals surface area contributed by atoms with E-state index in [-0.39, 0.29) is 0 Å². The second-order valence-corrected chi connectivity index (χ2v) is 5.70. The Bertz CT molecular complexity index is 373. The van der Waals surface area contributed by atoms with Crippen molar-refractivity contribution < 1.29 is 4.74 Å². The third-order valence-electron chi connectivity index (χ3n) is 3.40. The van der Waals surface area contributed by atoms with E-state index in [9.17, 15) is 0 Å². The van der Waals surface area contributed by atoms with E-state index in [2.05, 4.69) is 33.2 Å². The monoisotopic (exact) mass is 312 g/mol.